The van der Waals surface area contributed by atoms with Gasteiger partial charge < -0.3 is 5.32 Å². The fourth-order valence-corrected chi connectivity index (χ4v) is 1.46. The van der Waals surface area contributed by atoms with Gasteiger partial charge in [-0.25, -0.2) is 0 Å². The number of benzene rings is 1. The van der Waals surface area contributed by atoms with Gasteiger partial charge in [0.2, 0.25) is 0 Å². The summed E-state index contributed by atoms with van der Waals surface area (Å²) in [7, 11) is 0. The van der Waals surface area contributed by atoms with Crippen molar-refractivity contribution in [3.05, 3.63) is 29.8 Å². The molecule has 1 amide bonds. The monoisotopic (exact) mass is 223 g/mol. The molecule has 0 radical (unpaired) electrons. The maximum Gasteiger partial charge on any atom is 0.251 e. The Hall–Kier alpha value is -1.29. The third-order valence-electron chi connectivity index (χ3n) is 1.85. The number of nitrogens with one attached hydrogen (secondary N) is 1. The first-order valence-electron chi connectivity index (χ1n) is 4.55. The van der Waals surface area contributed by atoms with E-state index >= 15 is 0 Å². The van der Waals surface area contributed by atoms with Crippen molar-refractivity contribution >= 4 is 23.5 Å². The van der Waals surface area contributed by atoms with Gasteiger partial charge in [-0.15, -0.1) is 11.8 Å². The summed E-state index contributed by atoms with van der Waals surface area (Å²) in [6, 6.07) is 7.27. The lowest BCUT2D eigenvalue weighted by atomic mass is 10.2. The predicted octanol–water partition coefficient (Wildman–Crippen LogP) is 1.73. The van der Waals surface area contributed by atoms with Crippen molar-refractivity contribution in [3.63, 3.8) is 0 Å². The summed E-state index contributed by atoms with van der Waals surface area (Å²) >= 11 is 1.62. The zero-order valence-electron chi connectivity index (χ0n) is 8.74. The quantitative estimate of drug-likeness (QED) is 0.791. The van der Waals surface area contributed by atoms with Gasteiger partial charge in [-0.1, -0.05) is 0 Å². The number of hydrogen-bond donors (Lipinski definition) is 1. The first-order chi connectivity index (χ1) is 7.13. The summed E-state index contributed by atoms with van der Waals surface area (Å²) in [5.41, 5.74) is 0.578. The molecule has 80 valence electrons. The van der Waals surface area contributed by atoms with Crippen LogP contribution >= 0.6 is 11.8 Å². The Morgan fingerprint density at radius 3 is 2.33 bits per heavy atom. The Morgan fingerprint density at radius 2 is 1.87 bits per heavy atom. The Labute approximate surface area is 93.3 Å². The molecule has 0 saturated heterocycles. The van der Waals surface area contributed by atoms with Crippen LogP contribution in [0.3, 0.4) is 0 Å². The normalized spacial score (nSPS) is 9.73. The fourth-order valence-electron chi connectivity index (χ4n) is 1.05. The second-order valence-corrected chi connectivity index (χ2v) is 3.99. The molecule has 0 aliphatic rings. The largest absolute Gasteiger partial charge is 0.345 e. The van der Waals surface area contributed by atoms with Gasteiger partial charge in [-0.05, 0) is 37.4 Å². The second-order valence-electron chi connectivity index (χ2n) is 3.11. The first-order valence-corrected chi connectivity index (χ1v) is 5.77. The number of rotatable bonds is 4. The third kappa shape index (κ3) is 3.75. The van der Waals surface area contributed by atoms with Crippen molar-refractivity contribution in [2.45, 2.75) is 11.8 Å². The lowest BCUT2D eigenvalue weighted by Gasteiger charge is -2.03. The fraction of sp³-hybridized carbons (Fsp3) is 0.273. The SMILES string of the molecule is CSc1ccc(C(=O)NCC(C)=O)cc1. The molecule has 0 heterocycles. The summed E-state index contributed by atoms with van der Waals surface area (Å²) < 4.78 is 0. The van der Waals surface area contributed by atoms with Crippen LogP contribution in [0.5, 0.6) is 0 Å². The topological polar surface area (TPSA) is 46.2 Å². The standard InChI is InChI=1S/C11H13NO2S/c1-8(13)7-12-11(14)9-3-5-10(15-2)6-4-9/h3-6H,7H2,1-2H3,(H,12,14). The summed E-state index contributed by atoms with van der Waals surface area (Å²) in [5, 5.41) is 2.54. The van der Waals surface area contributed by atoms with Crippen LogP contribution in [0.25, 0.3) is 0 Å². The predicted molar refractivity (Wildman–Crippen MR) is 61.2 cm³/mol. The van der Waals surface area contributed by atoms with Gasteiger partial charge in [0.1, 0.15) is 5.78 Å². The van der Waals surface area contributed by atoms with Gasteiger partial charge in [-0.2, -0.15) is 0 Å². The minimum Gasteiger partial charge on any atom is -0.345 e. The van der Waals surface area contributed by atoms with Gasteiger partial charge in [0, 0.05) is 10.5 Å². The second kappa shape index (κ2) is 5.56. The van der Waals surface area contributed by atoms with Gasteiger partial charge in [-0.3, -0.25) is 9.59 Å². The summed E-state index contributed by atoms with van der Waals surface area (Å²) in [6.07, 6.45) is 1.98. The molecule has 4 heteroatoms. The Balaban J connectivity index is 2.62. The van der Waals surface area contributed by atoms with Crippen LogP contribution in [-0.4, -0.2) is 24.5 Å². The van der Waals surface area contributed by atoms with E-state index in [-0.39, 0.29) is 18.2 Å². The molecule has 1 aromatic carbocycles. The van der Waals surface area contributed by atoms with E-state index in [0.29, 0.717) is 5.56 Å². The average Bonchev–Trinajstić information content (AvgIpc) is 2.26. The zero-order chi connectivity index (χ0) is 11.3. The average molecular weight is 223 g/mol. The van der Waals surface area contributed by atoms with Crippen molar-refractivity contribution < 1.29 is 9.59 Å². The molecule has 0 saturated carbocycles. The molecule has 0 aliphatic carbocycles. The maximum absolute atomic E-state index is 11.5. The molecule has 15 heavy (non-hydrogen) atoms. The number of ketones is 1. The van der Waals surface area contributed by atoms with E-state index < -0.39 is 0 Å². The maximum atomic E-state index is 11.5. The van der Waals surface area contributed by atoms with E-state index in [1.807, 2.05) is 18.4 Å². The van der Waals surface area contributed by atoms with Crippen LogP contribution in [-0.2, 0) is 4.79 Å². The lowest BCUT2D eigenvalue weighted by Crippen LogP contribution is -2.28. The highest BCUT2D eigenvalue weighted by Crippen LogP contribution is 2.14. The van der Waals surface area contributed by atoms with Crippen molar-refractivity contribution in [1.82, 2.24) is 5.32 Å². The molecule has 0 fully saturated rings. The first kappa shape index (κ1) is 11.8. The van der Waals surface area contributed by atoms with Gasteiger partial charge in [0.05, 0.1) is 6.54 Å². The molecule has 0 aromatic heterocycles. The number of amides is 1. The van der Waals surface area contributed by atoms with Crippen molar-refractivity contribution in [2.75, 3.05) is 12.8 Å². The van der Waals surface area contributed by atoms with Gasteiger partial charge >= 0.3 is 0 Å². The minimum absolute atomic E-state index is 0.0518. The van der Waals surface area contributed by atoms with Crippen LogP contribution in [0, 0.1) is 0 Å². The summed E-state index contributed by atoms with van der Waals surface area (Å²) in [6.45, 7) is 1.53. The molecule has 0 aliphatic heterocycles. The third-order valence-corrected chi connectivity index (χ3v) is 2.59. The van der Waals surface area contributed by atoms with Crippen molar-refractivity contribution in [1.29, 1.82) is 0 Å². The summed E-state index contributed by atoms with van der Waals surface area (Å²) in [4.78, 5) is 23.2. The number of hydrogen-bond acceptors (Lipinski definition) is 3. The highest BCUT2D eigenvalue weighted by molar-refractivity contribution is 7.98. The highest BCUT2D eigenvalue weighted by Gasteiger charge is 2.05. The van der Waals surface area contributed by atoms with E-state index in [9.17, 15) is 9.59 Å². The van der Waals surface area contributed by atoms with Crippen LogP contribution in [0.15, 0.2) is 29.2 Å². The van der Waals surface area contributed by atoms with Gasteiger partial charge in [0.15, 0.2) is 0 Å². The van der Waals surface area contributed by atoms with E-state index in [1.165, 1.54) is 6.92 Å². The molecule has 0 spiro atoms. The molecule has 1 aromatic rings. The molecule has 1 N–H and O–H groups in total. The Bertz CT molecular complexity index is 359. The van der Waals surface area contributed by atoms with E-state index in [0.717, 1.165) is 4.90 Å². The minimum atomic E-state index is -0.210. The number of Topliss-reactive ketones (excluding diaryl/α,β-unsaturated/α-hetero) is 1. The van der Waals surface area contributed by atoms with Crippen molar-refractivity contribution in [2.24, 2.45) is 0 Å². The van der Waals surface area contributed by atoms with E-state index in [4.69, 9.17) is 0 Å². The van der Waals surface area contributed by atoms with E-state index in [1.54, 1.807) is 23.9 Å². The molecule has 0 unspecified atom stereocenters. The van der Waals surface area contributed by atoms with Crippen molar-refractivity contribution in [3.8, 4) is 0 Å². The van der Waals surface area contributed by atoms with Crippen LogP contribution < -0.4 is 5.32 Å². The van der Waals surface area contributed by atoms with Crippen LogP contribution in [0.1, 0.15) is 17.3 Å². The van der Waals surface area contributed by atoms with E-state index in [2.05, 4.69) is 5.32 Å². The molecule has 0 bridgehead atoms. The molecule has 0 atom stereocenters. The van der Waals surface area contributed by atoms with Crippen LogP contribution in [0.4, 0.5) is 0 Å². The van der Waals surface area contributed by atoms with Gasteiger partial charge in [0.25, 0.3) is 5.91 Å². The molecule has 3 nitrogen and oxygen atoms in total. The molecular formula is C11H13NO2S. The Morgan fingerprint density at radius 1 is 1.27 bits per heavy atom. The lowest BCUT2D eigenvalue weighted by molar-refractivity contribution is -0.116. The molecule has 1 rings (SSSR count). The summed E-state index contributed by atoms with van der Waals surface area (Å²) in [5.74, 6) is -0.262. The Kier molecular flexibility index (Phi) is 4.37. The number of carbonyl (C=O) groups is 2. The highest BCUT2D eigenvalue weighted by atomic mass is 32.2. The smallest absolute Gasteiger partial charge is 0.251 e. The number of thioether (sulfide) groups is 1. The molecular weight excluding hydrogens is 210 g/mol. The zero-order valence-corrected chi connectivity index (χ0v) is 9.56. The number of carbonyl (C=O) groups excluding carboxylic acids is 2. The van der Waals surface area contributed by atoms with Crippen LogP contribution in [0.2, 0.25) is 0 Å².